The van der Waals surface area contributed by atoms with Crippen molar-refractivity contribution in [3.05, 3.63) is 80.7 Å². The van der Waals surface area contributed by atoms with Gasteiger partial charge in [0.2, 0.25) is 5.91 Å². The summed E-state index contributed by atoms with van der Waals surface area (Å²) in [5.74, 6) is 4.70. The SMILES string of the molecule is Cc1cc(C(N)=O)cc2c1nc(-c1c(NCC(O)c3cccc(Cl)c3)cc[nH]c1=O)n2C(=O)NN. The smallest absolute Gasteiger partial charge is 0.341 e. The number of amides is 2. The number of hydrogen-bond acceptors (Lipinski definition) is 7. The van der Waals surface area contributed by atoms with Crippen LogP contribution in [0.1, 0.15) is 27.6 Å². The lowest BCUT2D eigenvalue weighted by Gasteiger charge is -2.16. The molecule has 1 atom stereocenters. The number of primary amides is 1. The Kier molecular flexibility index (Phi) is 6.56. The number of rotatable bonds is 6. The summed E-state index contributed by atoms with van der Waals surface area (Å²) in [4.78, 5) is 44.6. The number of aromatic amines is 1. The topological polar surface area (TPSA) is 181 Å². The zero-order valence-electron chi connectivity index (χ0n) is 18.5. The Hall–Kier alpha value is -4.19. The minimum Gasteiger partial charge on any atom is -0.387 e. The molecule has 0 spiro atoms. The van der Waals surface area contributed by atoms with Crippen molar-refractivity contribution in [1.29, 1.82) is 0 Å². The van der Waals surface area contributed by atoms with Gasteiger partial charge in [-0.2, -0.15) is 0 Å². The number of aliphatic hydroxyl groups is 1. The van der Waals surface area contributed by atoms with Gasteiger partial charge in [0.1, 0.15) is 5.56 Å². The maximum absolute atomic E-state index is 12.9. The van der Waals surface area contributed by atoms with E-state index >= 15 is 0 Å². The van der Waals surface area contributed by atoms with Crippen molar-refractivity contribution in [2.24, 2.45) is 11.6 Å². The number of imidazole rings is 1. The number of hydrazine groups is 1. The highest BCUT2D eigenvalue weighted by molar-refractivity contribution is 6.30. The molecule has 2 amide bonds. The van der Waals surface area contributed by atoms with Crippen molar-refractivity contribution >= 4 is 40.3 Å². The van der Waals surface area contributed by atoms with Crippen molar-refractivity contribution < 1.29 is 14.7 Å². The first-order valence-electron chi connectivity index (χ1n) is 10.4. The fourth-order valence-corrected chi connectivity index (χ4v) is 4.01. The van der Waals surface area contributed by atoms with Gasteiger partial charge in [-0.1, -0.05) is 23.7 Å². The van der Waals surface area contributed by atoms with Crippen LogP contribution in [0.4, 0.5) is 10.5 Å². The molecule has 4 rings (SSSR count). The summed E-state index contributed by atoms with van der Waals surface area (Å²) in [6.45, 7) is 1.73. The van der Waals surface area contributed by atoms with E-state index in [4.69, 9.17) is 23.2 Å². The van der Waals surface area contributed by atoms with Crippen LogP contribution in [0, 0.1) is 6.92 Å². The van der Waals surface area contributed by atoms with E-state index < -0.39 is 23.6 Å². The Balaban J connectivity index is 1.84. The molecule has 35 heavy (non-hydrogen) atoms. The second-order valence-corrected chi connectivity index (χ2v) is 8.23. The molecule has 2 aromatic carbocycles. The van der Waals surface area contributed by atoms with Gasteiger partial charge in [-0.05, 0) is 48.4 Å². The average Bonchev–Trinajstić information content (AvgIpc) is 3.21. The van der Waals surface area contributed by atoms with Crippen LogP contribution in [-0.4, -0.2) is 38.1 Å². The van der Waals surface area contributed by atoms with Crippen LogP contribution in [0.3, 0.4) is 0 Å². The number of fused-ring (bicyclic) bond motifs is 1. The van der Waals surface area contributed by atoms with E-state index in [1.165, 1.54) is 12.3 Å². The van der Waals surface area contributed by atoms with Gasteiger partial charge in [-0.3, -0.25) is 15.0 Å². The minimum atomic E-state index is -0.938. The van der Waals surface area contributed by atoms with E-state index in [0.29, 0.717) is 27.4 Å². The van der Waals surface area contributed by atoms with Crippen molar-refractivity contribution in [1.82, 2.24) is 20.0 Å². The van der Waals surface area contributed by atoms with Crippen LogP contribution in [0.5, 0.6) is 0 Å². The Morgan fingerprint density at radius 1 is 1.26 bits per heavy atom. The second kappa shape index (κ2) is 9.58. The number of carbonyl (C=O) groups excluding carboxylic acids is 2. The third-order valence-corrected chi connectivity index (χ3v) is 5.70. The zero-order chi connectivity index (χ0) is 25.3. The summed E-state index contributed by atoms with van der Waals surface area (Å²) in [6, 6.07) is 10.5. The van der Waals surface area contributed by atoms with Gasteiger partial charge in [-0.25, -0.2) is 20.2 Å². The Morgan fingerprint density at radius 3 is 2.71 bits per heavy atom. The van der Waals surface area contributed by atoms with E-state index in [1.807, 2.05) is 5.43 Å². The third-order valence-electron chi connectivity index (χ3n) is 5.47. The summed E-state index contributed by atoms with van der Waals surface area (Å²) in [7, 11) is 0. The number of halogens is 1. The first kappa shape index (κ1) is 24.0. The maximum atomic E-state index is 12.9. The summed E-state index contributed by atoms with van der Waals surface area (Å²) in [6.07, 6.45) is 0.485. The van der Waals surface area contributed by atoms with Crippen LogP contribution in [0.15, 0.2) is 53.5 Å². The number of nitrogens with two attached hydrogens (primary N) is 2. The molecule has 0 radical (unpaired) electrons. The number of H-pyrrole nitrogens is 1. The molecule has 0 aliphatic heterocycles. The number of aryl methyl sites for hydroxylation is 1. The first-order valence-corrected chi connectivity index (χ1v) is 10.8. The number of aliphatic hydroxyl groups excluding tert-OH is 1. The summed E-state index contributed by atoms with van der Waals surface area (Å²) in [5, 5.41) is 14.1. The molecule has 2 aromatic heterocycles. The molecule has 0 bridgehead atoms. The van der Waals surface area contributed by atoms with Gasteiger partial charge < -0.3 is 21.1 Å². The molecule has 4 aromatic rings. The van der Waals surface area contributed by atoms with Crippen molar-refractivity contribution in [3.8, 4) is 11.4 Å². The number of anilines is 1. The lowest BCUT2D eigenvalue weighted by molar-refractivity contribution is 0.1000. The average molecular weight is 496 g/mol. The first-order chi connectivity index (χ1) is 16.7. The van der Waals surface area contributed by atoms with E-state index in [2.05, 4.69) is 15.3 Å². The standard InChI is InChI=1S/C23H22ClN7O4/c1-11-7-13(20(25)33)9-16-19(11)29-21(31(16)23(35)30-26)18-15(5-6-27-22(18)34)28-10-17(32)12-3-2-4-14(24)8-12/h2-9,17,32H,10,26H2,1H3,(H2,25,33)(H,30,35)(H2,27,28,34). The quantitative estimate of drug-likeness (QED) is 0.134. The number of nitrogen functional groups attached to an aromatic ring is 1. The molecule has 2 heterocycles. The maximum Gasteiger partial charge on any atom is 0.341 e. The summed E-state index contributed by atoms with van der Waals surface area (Å²) in [5.41, 5.74) is 9.21. The molecule has 0 aliphatic carbocycles. The molecule has 180 valence electrons. The number of nitrogens with one attached hydrogen (secondary N) is 3. The van der Waals surface area contributed by atoms with E-state index in [-0.39, 0.29) is 29.0 Å². The summed E-state index contributed by atoms with van der Waals surface area (Å²) < 4.78 is 1.10. The molecular weight excluding hydrogens is 474 g/mol. The van der Waals surface area contributed by atoms with Gasteiger partial charge in [-0.15, -0.1) is 0 Å². The van der Waals surface area contributed by atoms with Gasteiger partial charge in [0, 0.05) is 23.3 Å². The van der Waals surface area contributed by atoms with E-state index in [1.54, 1.807) is 43.3 Å². The number of benzene rings is 2. The highest BCUT2D eigenvalue weighted by atomic mass is 35.5. The molecule has 12 heteroatoms. The van der Waals surface area contributed by atoms with Gasteiger partial charge >= 0.3 is 6.03 Å². The Labute approximate surface area is 203 Å². The van der Waals surface area contributed by atoms with E-state index in [9.17, 15) is 19.5 Å². The van der Waals surface area contributed by atoms with Gasteiger partial charge in [0.15, 0.2) is 5.82 Å². The molecule has 1 unspecified atom stereocenters. The monoisotopic (exact) mass is 495 g/mol. The molecule has 0 saturated carbocycles. The molecular formula is C23H22ClN7O4. The fraction of sp³-hybridized carbons (Fsp3) is 0.130. The summed E-state index contributed by atoms with van der Waals surface area (Å²) >= 11 is 6.01. The molecule has 0 fully saturated rings. The van der Waals surface area contributed by atoms with Crippen LogP contribution in [-0.2, 0) is 0 Å². The second-order valence-electron chi connectivity index (χ2n) is 7.79. The van der Waals surface area contributed by atoms with Crippen LogP contribution < -0.4 is 27.9 Å². The Bertz CT molecular complexity index is 1510. The van der Waals surface area contributed by atoms with Crippen molar-refractivity contribution in [2.45, 2.75) is 13.0 Å². The third kappa shape index (κ3) is 4.60. The van der Waals surface area contributed by atoms with Crippen LogP contribution in [0.25, 0.3) is 22.4 Å². The Morgan fingerprint density at radius 2 is 2.03 bits per heavy atom. The van der Waals surface area contributed by atoms with Crippen LogP contribution >= 0.6 is 11.6 Å². The molecule has 11 nitrogen and oxygen atoms in total. The largest absolute Gasteiger partial charge is 0.387 e. The van der Waals surface area contributed by atoms with E-state index in [0.717, 1.165) is 4.57 Å². The highest BCUT2D eigenvalue weighted by Crippen LogP contribution is 2.30. The highest BCUT2D eigenvalue weighted by Gasteiger charge is 2.24. The predicted octanol–water partition coefficient (Wildman–Crippen LogP) is 2.03. The number of carbonyl (C=O) groups is 2. The molecule has 0 saturated heterocycles. The molecule has 8 N–H and O–H groups in total. The fourth-order valence-electron chi connectivity index (χ4n) is 3.81. The molecule has 0 aliphatic rings. The number of nitrogens with zero attached hydrogens (tertiary/aromatic N) is 2. The van der Waals surface area contributed by atoms with Crippen molar-refractivity contribution in [2.75, 3.05) is 11.9 Å². The normalized spacial score (nSPS) is 11.9. The van der Waals surface area contributed by atoms with Gasteiger partial charge in [0.05, 0.1) is 22.8 Å². The lowest BCUT2D eigenvalue weighted by Crippen LogP contribution is -2.35. The predicted molar refractivity (Wildman–Crippen MR) is 132 cm³/mol. The van der Waals surface area contributed by atoms with Gasteiger partial charge in [0.25, 0.3) is 5.56 Å². The number of hydrogen-bond donors (Lipinski definition) is 6. The zero-order valence-corrected chi connectivity index (χ0v) is 19.3. The lowest BCUT2D eigenvalue weighted by atomic mass is 10.1. The van der Waals surface area contributed by atoms with Crippen LogP contribution in [0.2, 0.25) is 5.02 Å². The minimum absolute atomic E-state index is 0.0192. The number of pyridine rings is 1. The number of aromatic nitrogens is 3. The van der Waals surface area contributed by atoms with Crippen molar-refractivity contribution in [3.63, 3.8) is 0 Å².